The molecule has 2 aliphatic rings. The first-order chi connectivity index (χ1) is 17.5. The third-order valence-corrected chi connectivity index (χ3v) is 6.98. The van der Waals surface area contributed by atoms with Crippen LogP contribution in [0.4, 0.5) is 11.6 Å². The monoisotopic (exact) mass is 482 g/mol. The summed E-state index contributed by atoms with van der Waals surface area (Å²) in [6, 6.07) is 11.1. The van der Waals surface area contributed by atoms with E-state index in [1.165, 1.54) is 0 Å². The van der Waals surface area contributed by atoms with Crippen LogP contribution in [0, 0.1) is 17.9 Å². The number of nitrogens with zero attached hydrogens (tertiary/aromatic N) is 7. The summed E-state index contributed by atoms with van der Waals surface area (Å²) in [7, 11) is 0. The number of carbonyl (C=O) groups excluding carboxylic acids is 1. The molecule has 0 radical (unpaired) electrons. The Kier molecular flexibility index (Phi) is 6.36. The maximum absolute atomic E-state index is 12.7. The van der Waals surface area contributed by atoms with Crippen molar-refractivity contribution in [2.75, 3.05) is 18.4 Å². The molecule has 1 aliphatic carbocycles. The summed E-state index contributed by atoms with van der Waals surface area (Å²) in [5.41, 5.74) is 2.41. The number of hydrogen-bond acceptors (Lipinski definition) is 7. The van der Waals surface area contributed by atoms with Crippen LogP contribution >= 0.6 is 0 Å². The Hall–Kier alpha value is -4.28. The van der Waals surface area contributed by atoms with Crippen molar-refractivity contribution in [2.45, 2.75) is 49.8 Å². The Bertz CT molecular complexity index is 1320. The van der Waals surface area contributed by atoms with Crippen molar-refractivity contribution in [3.05, 3.63) is 65.9 Å². The smallest absolute Gasteiger partial charge is 0.253 e. The molecule has 182 valence electrons. The van der Waals surface area contributed by atoms with Gasteiger partial charge in [0.05, 0.1) is 36.0 Å². The highest BCUT2D eigenvalue weighted by atomic mass is 16.3. The number of nitriles is 1. The molecule has 1 aliphatic heterocycles. The van der Waals surface area contributed by atoms with Gasteiger partial charge in [-0.2, -0.15) is 10.4 Å². The molecular weight excluding hydrogens is 456 g/mol. The van der Waals surface area contributed by atoms with Crippen LogP contribution < -0.4 is 5.32 Å². The molecule has 36 heavy (non-hydrogen) atoms. The molecule has 3 aromatic rings. The number of aliphatic hydroxyl groups is 1. The van der Waals surface area contributed by atoms with E-state index in [0.717, 1.165) is 11.3 Å². The topological polar surface area (TPSA) is 124 Å². The average Bonchev–Trinajstić information content (AvgIpc) is 3.37. The number of likely N-dealkylation sites (tertiary alicyclic amines) is 1. The zero-order chi connectivity index (χ0) is 25.1. The van der Waals surface area contributed by atoms with Gasteiger partial charge in [-0.05, 0) is 43.2 Å². The molecule has 0 atom stereocenters. The summed E-state index contributed by atoms with van der Waals surface area (Å²) >= 11 is 0. The molecule has 3 heterocycles. The number of aromatic nitrogens is 4. The number of anilines is 2. The van der Waals surface area contributed by atoms with Gasteiger partial charge in [-0.25, -0.2) is 16.5 Å². The highest BCUT2D eigenvalue weighted by molar-refractivity contribution is 5.94. The first-order valence-corrected chi connectivity index (χ1v) is 12.0. The summed E-state index contributed by atoms with van der Waals surface area (Å²) in [6.45, 7) is 8.36. The van der Waals surface area contributed by atoms with Crippen molar-refractivity contribution in [1.29, 1.82) is 5.26 Å². The number of amides is 1. The third kappa shape index (κ3) is 4.64. The molecule has 10 nitrogen and oxygen atoms in total. The highest BCUT2D eigenvalue weighted by Crippen LogP contribution is 2.44. The van der Waals surface area contributed by atoms with Crippen LogP contribution in [0.5, 0.6) is 0 Å². The second-order valence-electron chi connectivity index (χ2n) is 9.42. The van der Waals surface area contributed by atoms with Crippen molar-refractivity contribution in [3.8, 4) is 17.3 Å². The number of carbonyl (C=O) groups is 1. The lowest BCUT2D eigenvalue weighted by Gasteiger charge is -2.40. The number of nitrogens with one attached hydrogen (secondary N) is 1. The van der Waals surface area contributed by atoms with E-state index < -0.39 is 5.54 Å². The molecule has 0 bridgehead atoms. The molecule has 1 saturated carbocycles. The molecule has 2 N–H and O–H groups in total. The van der Waals surface area contributed by atoms with Crippen molar-refractivity contribution in [2.24, 2.45) is 0 Å². The standard InChI is InChI=1S/C26H26N8O2/c1-28-21-14-26(15-21,9-10-27)34-17-19(16-30-34)23-6-11-29-25(32-23)31-20-4-2-18(3-5-20)24(36)33-12-7-22(35)8-13-33/h2-6,11,16-17,21-22,35H,7-9,12-15H2,(H,29,31,32). The van der Waals surface area contributed by atoms with Crippen molar-refractivity contribution in [3.63, 3.8) is 0 Å². The first-order valence-electron chi connectivity index (χ1n) is 12.0. The van der Waals surface area contributed by atoms with Crippen molar-refractivity contribution < 1.29 is 9.90 Å². The average molecular weight is 483 g/mol. The zero-order valence-electron chi connectivity index (χ0n) is 19.7. The molecule has 0 spiro atoms. The van der Waals surface area contributed by atoms with Gasteiger partial charge in [-0.3, -0.25) is 9.48 Å². The predicted octanol–water partition coefficient (Wildman–Crippen LogP) is 3.37. The van der Waals surface area contributed by atoms with E-state index >= 15 is 0 Å². The SMILES string of the molecule is [C-]#[N+]C1CC(CC#N)(n2cc(-c3ccnc(Nc4ccc(C(=O)N5CCC(O)CC5)cc4)n3)cn2)C1. The van der Waals surface area contributed by atoms with Gasteiger partial charge in [0.2, 0.25) is 12.0 Å². The molecule has 2 fully saturated rings. The van der Waals surface area contributed by atoms with E-state index in [1.807, 2.05) is 18.3 Å². The number of rotatable bonds is 6. The minimum atomic E-state index is -0.427. The van der Waals surface area contributed by atoms with Crippen LogP contribution in [0.25, 0.3) is 16.1 Å². The first kappa shape index (κ1) is 23.5. The Balaban J connectivity index is 1.27. The summed E-state index contributed by atoms with van der Waals surface area (Å²) in [5, 5.41) is 26.6. The fourth-order valence-electron chi connectivity index (χ4n) is 4.84. The molecular formula is C26H26N8O2. The van der Waals surface area contributed by atoms with E-state index in [2.05, 4.69) is 31.3 Å². The molecule has 10 heteroatoms. The van der Waals surface area contributed by atoms with E-state index in [9.17, 15) is 15.2 Å². The lowest BCUT2D eigenvalue weighted by molar-refractivity contribution is 0.0546. The molecule has 5 rings (SSSR count). The quantitative estimate of drug-likeness (QED) is 0.516. The molecule has 1 saturated heterocycles. The van der Waals surface area contributed by atoms with Crippen LogP contribution in [0.3, 0.4) is 0 Å². The van der Waals surface area contributed by atoms with Gasteiger partial charge in [-0.1, -0.05) is 0 Å². The normalized spacial score (nSPS) is 21.8. The number of piperidine rings is 1. The lowest BCUT2D eigenvalue weighted by Crippen LogP contribution is -2.48. The predicted molar refractivity (Wildman–Crippen MR) is 132 cm³/mol. The fraction of sp³-hybridized carbons (Fsp3) is 0.385. The molecule has 1 aromatic carbocycles. The molecule has 1 amide bonds. The molecule has 2 aromatic heterocycles. The fourth-order valence-corrected chi connectivity index (χ4v) is 4.84. The highest BCUT2D eigenvalue weighted by Gasteiger charge is 2.50. The van der Waals surface area contributed by atoms with Crippen molar-refractivity contribution in [1.82, 2.24) is 24.6 Å². The second-order valence-corrected chi connectivity index (χ2v) is 9.42. The largest absolute Gasteiger partial charge is 0.393 e. The van der Waals surface area contributed by atoms with E-state index in [-0.39, 0.29) is 18.1 Å². The van der Waals surface area contributed by atoms with Crippen LogP contribution in [0.1, 0.15) is 42.5 Å². The van der Waals surface area contributed by atoms with Gasteiger partial charge in [-0.15, -0.1) is 0 Å². The summed E-state index contributed by atoms with van der Waals surface area (Å²) in [6.07, 6.45) is 7.72. The summed E-state index contributed by atoms with van der Waals surface area (Å²) < 4.78 is 1.81. The maximum Gasteiger partial charge on any atom is 0.253 e. The molecule has 0 unspecified atom stereocenters. The van der Waals surface area contributed by atoms with Crippen LogP contribution in [0.15, 0.2) is 48.9 Å². The Labute approximate surface area is 209 Å². The lowest BCUT2D eigenvalue weighted by atomic mass is 9.71. The van der Waals surface area contributed by atoms with Gasteiger partial charge in [0.1, 0.15) is 0 Å². The second kappa shape index (κ2) is 9.76. The minimum absolute atomic E-state index is 0.0351. The van der Waals surface area contributed by atoms with Gasteiger partial charge in [0, 0.05) is 55.1 Å². The summed E-state index contributed by atoms with van der Waals surface area (Å²) in [4.78, 5) is 27.0. The summed E-state index contributed by atoms with van der Waals surface area (Å²) in [5.74, 6) is 0.375. The zero-order valence-corrected chi connectivity index (χ0v) is 19.7. The van der Waals surface area contributed by atoms with Crippen LogP contribution in [-0.4, -0.2) is 60.9 Å². The maximum atomic E-state index is 12.7. The minimum Gasteiger partial charge on any atom is -0.393 e. The van der Waals surface area contributed by atoms with Gasteiger partial charge >= 0.3 is 0 Å². The van der Waals surface area contributed by atoms with Crippen LogP contribution in [-0.2, 0) is 5.54 Å². The number of benzene rings is 1. The van der Waals surface area contributed by atoms with Gasteiger partial charge in [0.25, 0.3) is 5.91 Å². The number of hydrogen-bond donors (Lipinski definition) is 2. The van der Waals surface area contributed by atoms with Gasteiger partial charge < -0.3 is 20.2 Å². The van der Waals surface area contributed by atoms with E-state index in [1.54, 1.807) is 40.2 Å². The Morgan fingerprint density at radius 1 is 1.25 bits per heavy atom. The van der Waals surface area contributed by atoms with Gasteiger partial charge in [0.15, 0.2) is 0 Å². The number of aliphatic hydroxyl groups excluding tert-OH is 1. The van der Waals surface area contributed by atoms with Crippen LogP contribution in [0.2, 0.25) is 0 Å². The van der Waals surface area contributed by atoms with E-state index in [4.69, 9.17) is 6.57 Å². The van der Waals surface area contributed by atoms with Crippen molar-refractivity contribution >= 4 is 17.5 Å². The third-order valence-electron chi connectivity index (χ3n) is 6.98. The Morgan fingerprint density at radius 3 is 2.69 bits per heavy atom. The van der Waals surface area contributed by atoms with E-state index in [0.29, 0.717) is 62.4 Å². The Morgan fingerprint density at radius 2 is 2.00 bits per heavy atom.